The van der Waals surface area contributed by atoms with Crippen LogP contribution in [0.4, 0.5) is 0 Å². The zero-order valence-corrected chi connectivity index (χ0v) is 7.13. The molecule has 0 radical (unpaired) electrons. The van der Waals surface area contributed by atoms with Crippen molar-refractivity contribution in [3.05, 3.63) is 0 Å². The molecule has 10 heavy (non-hydrogen) atoms. The molecule has 60 valence electrons. The molecule has 0 spiro atoms. The van der Waals surface area contributed by atoms with E-state index in [1.54, 1.807) is 0 Å². The Labute approximate surface area is 63.2 Å². The molecule has 1 aliphatic carbocycles. The minimum Gasteiger partial charge on any atom is -0.381 e. The highest BCUT2D eigenvalue weighted by Crippen LogP contribution is 2.23. The fraction of sp³-hybridized carbons (Fsp3) is 1.00. The highest BCUT2D eigenvalue weighted by molar-refractivity contribution is 4.80. The SMILES string of the molecule is COC1CCC(N(C)C)C1. The molecule has 1 saturated carbocycles. The molecule has 1 fully saturated rings. The zero-order chi connectivity index (χ0) is 7.56. The summed E-state index contributed by atoms with van der Waals surface area (Å²) in [5, 5.41) is 0. The van der Waals surface area contributed by atoms with Gasteiger partial charge >= 0.3 is 0 Å². The van der Waals surface area contributed by atoms with Crippen molar-refractivity contribution in [3.63, 3.8) is 0 Å². The standard InChI is InChI=1S/C8H17NO/c1-9(2)7-4-5-8(6-7)10-3/h7-8H,4-6H2,1-3H3. The van der Waals surface area contributed by atoms with E-state index in [9.17, 15) is 0 Å². The topological polar surface area (TPSA) is 12.5 Å². The quantitative estimate of drug-likeness (QED) is 0.574. The molecule has 0 N–H and O–H groups in total. The molecule has 2 heteroatoms. The van der Waals surface area contributed by atoms with Gasteiger partial charge in [-0.25, -0.2) is 0 Å². The molecule has 1 aliphatic rings. The Morgan fingerprint density at radius 1 is 1.30 bits per heavy atom. The average molecular weight is 143 g/mol. The Bertz CT molecular complexity index is 103. The van der Waals surface area contributed by atoms with Crippen LogP contribution < -0.4 is 0 Å². The lowest BCUT2D eigenvalue weighted by Gasteiger charge is -2.18. The van der Waals surface area contributed by atoms with Crippen molar-refractivity contribution in [2.45, 2.75) is 31.4 Å². The molecule has 1 rings (SSSR count). The van der Waals surface area contributed by atoms with Crippen LogP contribution in [-0.4, -0.2) is 38.3 Å². The van der Waals surface area contributed by atoms with Gasteiger partial charge in [-0.05, 0) is 33.4 Å². The predicted octanol–water partition coefficient (Wildman–Crippen LogP) is 1.12. The molecule has 2 unspecified atom stereocenters. The lowest BCUT2D eigenvalue weighted by atomic mass is 10.2. The summed E-state index contributed by atoms with van der Waals surface area (Å²) in [6, 6.07) is 0.755. The molecular weight excluding hydrogens is 126 g/mol. The van der Waals surface area contributed by atoms with E-state index in [0.717, 1.165) is 6.04 Å². The third kappa shape index (κ3) is 1.70. The highest BCUT2D eigenvalue weighted by Gasteiger charge is 2.25. The molecule has 0 aliphatic heterocycles. The number of rotatable bonds is 2. The van der Waals surface area contributed by atoms with Crippen LogP contribution in [0.1, 0.15) is 19.3 Å². The number of hydrogen-bond donors (Lipinski definition) is 0. The molecule has 0 heterocycles. The van der Waals surface area contributed by atoms with Crippen molar-refractivity contribution in [2.24, 2.45) is 0 Å². The fourth-order valence-electron chi connectivity index (χ4n) is 1.60. The molecule has 2 atom stereocenters. The van der Waals surface area contributed by atoms with E-state index in [2.05, 4.69) is 19.0 Å². The smallest absolute Gasteiger partial charge is 0.0586 e. The summed E-state index contributed by atoms with van der Waals surface area (Å²) in [6.45, 7) is 0. The monoisotopic (exact) mass is 143 g/mol. The van der Waals surface area contributed by atoms with Crippen LogP contribution in [0.5, 0.6) is 0 Å². The van der Waals surface area contributed by atoms with E-state index in [4.69, 9.17) is 4.74 Å². The van der Waals surface area contributed by atoms with E-state index in [1.165, 1.54) is 19.3 Å². The first-order valence-corrected chi connectivity index (χ1v) is 3.93. The maximum Gasteiger partial charge on any atom is 0.0586 e. The van der Waals surface area contributed by atoms with Gasteiger partial charge in [0.15, 0.2) is 0 Å². The lowest BCUT2D eigenvalue weighted by molar-refractivity contribution is 0.102. The number of methoxy groups -OCH3 is 1. The summed E-state index contributed by atoms with van der Waals surface area (Å²) in [6.07, 6.45) is 4.27. The second-order valence-corrected chi connectivity index (χ2v) is 3.29. The van der Waals surface area contributed by atoms with E-state index in [1.807, 2.05) is 7.11 Å². The third-order valence-corrected chi connectivity index (χ3v) is 2.42. The normalized spacial score (nSPS) is 33.6. The zero-order valence-electron chi connectivity index (χ0n) is 7.13. The summed E-state index contributed by atoms with van der Waals surface area (Å²) >= 11 is 0. The van der Waals surface area contributed by atoms with Gasteiger partial charge < -0.3 is 9.64 Å². The van der Waals surface area contributed by atoms with E-state index in [0.29, 0.717) is 6.10 Å². The van der Waals surface area contributed by atoms with Crippen molar-refractivity contribution >= 4 is 0 Å². The first kappa shape index (κ1) is 8.02. The predicted molar refractivity (Wildman–Crippen MR) is 42.1 cm³/mol. The molecule has 0 aromatic rings. The second kappa shape index (κ2) is 3.35. The first-order valence-electron chi connectivity index (χ1n) is 3.93. The third-order valence-electron chi connectivity index (χ3n) is 2.42. The van der Waals surface area contributed by atoms with E-state index >= 15 is 0 Å². The summed E-state index contributed by atoms with van der Waals surface area (Å²) < 4.78 is 5.26. The van der Waals surface area contributed by atoms with Crippen molar-refractivity contribution in [2.75, 3.05) is 21.2 Å². The van der Waals surface area contributed by atoms with Crippen molar-refractivity contribution in [1.29, 1.82) is 0 Å². The molecule has 0 saturated heterocycles. The summed E-state index contributed by atoms with van der Waals surface area (Å²) in [5.74, 6) is 0. The van der Waals surface area contributed by atoms with Gasteiger partial charge in [0, 0.05) is 13.2 Å². The largest absolute Gasteiger partial charge is 0.381 e. The van der Waals surface area contributed by atoms with Gasteiger partial charge in [0.25, 0.3) is 0 Å². The van der Waals surface area contributed by atoms with Crippen LogP contribution in [0.25, 0.3) is 0 Å². The average Bonchev–Trinajstić information content (AvgIpc) is 2.34. The van der Waals surface area contributed by atoms with Crippen LogP contribution >= 0.6 is 0 Å². The Morgan fingerprint density at radius 3 is 2.30 bits per heavy atom. The Balaban J connectivity index is 2.28. The molecule has 0 amide bonds. The Morgan fingerprint density at radius 2 is 2.00 bits per heavy atom. The van der Waals surface area contributed by atoms with Crippen LogP contribution in [0.3, 0.4) is 0 Å². The molecule has 0 bridgehead atoms. The Hall–Kier alpha value is -0.0800. The van der Waals surface area contributed by atoms with Gasteiger partial charge in [-0.1, -0.05) is 0 Å². The van der Waals surface area contributed by atoms with E-state index < -0.39 is 0 Å². The minimum absolute atomic E-state index is 0.521. The van der Waals surface area contributed by atoms with E-state index in [-0.39, 0.29) is 0 Å². The Kier molecular flexibility index (Phi) is 2.69. The van der Waals surface area contributed by atoms with Crippen LogP contribution in [0.15, 0.2) is 0 Å². The number of hydrogen-bond acceptors (Lipinski definition) is 2. The number of ether oxygens (including phenoxy) is 1. The van der Waals surface area contributed by atoms with Gasteiger partial charge in [0.05, 0.1) is 6.10 Å². The van der Waals surface area contributed by atoms with Gasteiger partial charge in [-0.2, -0.15) is 0 Å². The van der Waals surface area contributed by atoms with Crippen LogP contribution in [-0.2, 0) is 4.74 Å². The number of nitrogens with zero attached hydrogens (tertiary/aromatic N) is 1. The van der Waals surface area contributed by atoms with Crippen molar-refractivity contribution in [1.82, 2.24) is 4.90 Å². The van der Waals surface area contributed by atoms with Crippen LogP contribution in [0.2, 0.25) is 0 Å². The summed E-state index contributed by atoms with van der Waals surface area (Å²) in [7, 11) is 6.09. The first-order chi connectivity index (χ1) is 4.74. The van der Waals surface area contributed by atoms with Gasteiger partial charge in [0.2, 0.25) is 0 Å². The van der Waals surface area contributed by atoms with Crippen molar-refractivity contribution < 1.29 is 4.74 Å². The summed E-state index contributed by atoms with van der Waals surface area (Å²) in [4.78, 5) is 2.29. The molecule has 0 aromatic carbocycles. The van der Waals surface area contributed by atoms with Gasteiger partial charge in [-0.15, -0.1) is 0 Å². The van der Waals surface area contributed by atoms with Crippen molar-refractivity contribution in [3.8, 4) is 0 Å². The maximum atomic E-state index is 5.26. The molecule has 2 nitrogen and oxygen atoms in total. The second-order valence-electron chi connectivity index (χ2n) is 3.29. The minimum atomic E-state index is 0.521. The highest BCUT2D eigenvalue weighted by atomic mass is 16.5. The lowest BCUT2D eigenvalue weighted by Crippen LogP contribution is -2.25. The van der Waals surface area contributed by atoms with Gasteiger partial charge in [0.1, 0.15) is 0 Å². The summed E-state index contributed by atoms with van der Waals surface area (Å²) in [5.41, 5.74) is 0. The van der Waals surface area contributed by atoms with Gasteiger partial charge in [-0.3, -0.25) is 0 Å². The fourth-order valence-corrected chi connectivity index (χ4v) is 1.60. The molecular formula is C8H17NO. The molecule has 0 aromatic heterocycles. The maximum absolute atomic E-state index is 5.26. The van der Waals surface area contributed by atoms with Crippen LogP contribution in [0, 0.1) is 0 Å².